The Balaban J connectivity index is 1.60. The van der Waals surface area contributed by atoms with E-state index < -0.39 is 53.8 Å². The van der Waals surface area contributed by atoms with Gasteiger partial charge in [-0.3, -0.25) is 28.7 Å². The van der Waals surface area contributed by atoms with Gasteiger partial charge in [0.1, 0.15) is 23.8 Å². The maximum atomic E-state index is 14.3. The van der Waals surface area contributed by atoms with Crippen molar-refractivity contribution in [2.75, 3.05) is 13.1 Å². The Kier molecular flexibility index (Phi) is 13.1. The number of rotatable bonds is 9. The zero-order valence-corrected chi connectivity index (χ0v) is 28.3. The molecule has 14 nitrogen and oxygen atoms in total. The Hall–Kier alpha value is -5.01. The maximum absolute atomic E-state index is 14.3. The number of carbonyl (C=O) groups is 6. The molecule has 14 heteroatoms. The monoisotopic (exact) mass is 677 g/mol. The molecular weight excluding hydrogens is 630 g/mol. The fraction of sp³-hybridized carbons (Fsp3) is 0.514. The molecule has 0 saturated carbocycles. The highest BCUT2D eigenvalue weighted by atomic mass is 16.4. The van der Waals surface area contributed by atoms with Crippen LogP contribution in [0.2, 0.25) is 0 Å². The van der Waals surface area contributed by atoms with E-state index in [9.17, 15) is 33.9 Å². The summed E-state index contributed by atoms with van der Waals surface area (Å²) in [5.41, 5.74) is 1.89. The van der Waals surface area contributed by atoms with Crippen LogP contribution in [0.25, 0.3) is 6.08 Å². The average Bonchev–Trinajstić information content (AvgIpc) is 3.68. The van der Waals surface area contributed by atoms with Crippen molar-refractivity contribution in [2.45, 2.75) is 96.4 Å². The number of aromatic nitrogens is 2. The molecule has 2 aliphatic rings. The minimum atomic E-state index is -1.37. The second-order valence-corrected chi connectivity index (χ2v) is 12.9. The Morgan fingerprint density at radius 2 is 1.84 bits per heavy atom. The highest BCUT2D eigenvalue weighted by Gasteiger charge is 2.43. The molecule has 5 N–H and O–H groups in total. The first-order chi connectivity index (χ1) is 23.4. The molecule has 4 rings (SSSR count). The number of carboxylic acid groups (broad SMARTS) is 1. The number of aliphatic carboxylic acids is 1. The summed E-state index contributed by atoms with van der Waals surface area (Å²) in [6.07, 6.45) is 4.66. The summed E-state index contributed by atoms with van der Waals surface area (Å²) in [7, 11) is 0. The molecule has 1 aromatic carbocycles. The van der Waals surface area contributed by atoms with Crippen LogP contribution in [0, 0.1) is 5.92 Å². The number of nitrogens with one attached hydrogen (secondary N) is 4. The molecule has 49 heavy (non-hydrogen) atoms. The highest BCUT2D eigenvalue weighted by Crippen LogP contribution is 2.22. The molecule has 2 aliphatic heterocycles. The molecular formula is C35H47N7O7. The van der Waals surface area contributed by atoms with Gasteiger partial charge in [-0.15, -0.1) is 0 Å². The van der Waals surface area contributed by atoms with E-state index in [-0.39, 0.29) is 38.1 Å². The number of amides is 5. The number of fused-ring (bicyclic) bond motifs is 1. The van der Waals surface area contributed by atoms with Gasteiger partial charge >= 0.3 is 5.97 Å². The van der Waals surface area contributed by atoms with Gasteiger partial charge in [0.2, 0.25) is 23.6 Å². The van der Waals surface area contributed by atoms with E-state index in [0.29, 0.717) is 44.0 Å². The number of carbonyl (C=O) groups excluding carboxylic acids is 5. The third-order valence-corrected chi connectivity index (χ3v) is 8.56. The lowest BCUT2D eigenvalue weighted by molar-refractivity contribution is -0.144. The molecule has 2 saturated heterocycles. The molecule has 5 amide bonds. The van der Waals surface area contributed by atoms with Crippen LogP contribution in [-0.2, 0) is 36.9 Å². The zero-order chi connectivity index (χ0) is 35.5. The topological polar surface area (TPSA) is 192 Å². The molecule has 0 unspecified atom stereocenters. The normalized spacial score (nSPS) is 22.5. The van der Waals surface area contributed by atoms with Crippen LogP contribution in [0.5, 0.6) is 0 Å². The summed E-state index contributed by atoms with van der Waals surface area (Å²) in [6.45, 7) is 6.69. The number of benzene rings is 1. The summed E-state index contributed by atoms with van der Waals surface area (Å²) in [4.78, 5) is 80.2. The largest absolute Gasteiger partial charge is 0.480 e. The van der Waals surface area contributed by atoms with Crippen molar-refractivity contribution < 1.29 is 33.9 Å². The van der Waals surface area contributed by atoms with Gasteiger partial charge in [-0.2, -0.15) is 5.10 Å². The van der Waals surface area contributed by atoms with Gasteiger partial charge in [-0.25, -0.2) is 4.79 Å². The molecule has 0 bridgehead atoms. The smallest absolute Gasteiger partial charge is 0.326 e. The molecule has 1 aromatic heterocycles. The summed E-state index contributed by atoms with van der Waals surface area (Å²) in [6, 6.07) is 6.79. The third-order valence-electron chi connectivity index (χ3n) is 8.56. The van der Waals surface area contributed by atoms with E-state index in [1.807, 2.05) is 37.3 Å². The second-order valence-electron chi connectivity index (χ2n) is 12.9. The number of nitrogens with zero attached hydrogens (tertiary/aromatic N) is 3. The first kappa shape index (κ1) is 36.8. The summed E-state index contributed by atoms with van der Waals surface area (Å²) >= 11 is 0. The van der Waals surface area contributed by atoms with Gasteiger partial charge in [0.15, 0.2) is 0 Å². The number of hydrogen-bond donors (Lipinski definition) is 5. The number of aryl methyl sites for hydroxylation is 1. The van der Waals surface area contributed by atoms with Gasteiger partial charge in [-0.05, 0) is 69.1 Å². The minimum Gasteiger partial charge on any atom is -0.480 e. The second kappa shape index (κ2) is 17.4. The minimum absolute atomic E-state index is 0.0249. The molecule has 2 aromatic rings. The van der Waals surface area contributed by atoms with Gasteiger partial charge in [0.05, 0.1) is 5.69 Å². The van der Waals surface area contributed by atoms with E-state index in [0.717, 1.165) is 11.3 Å². The summed E-state index contributed by atoms with van der Waals surface area (Å²) < 4.78 is 1.59. The zero-order valence-electron chi connectivity index (χ0n) is 28.3. The van der Waals surface area contributed by atoms with E-state index in [2.05, 4.69) is 40.2 Å². The molecule has 4 atom stereocenters. The van der Waals surface area contributed by atoms with Crippen LogP contribution in [0.15, 0.2) is 42.5 Å². The van der Waals surface area contributed by atoms with Gasteiger partial charge in [-0.1, -0.05) is 44.2 Å². The lowest BCUT2D eigenvalue weighted by Crippen LogP contribution is -2.55. The number of hydrogen-bond acceptors (Lipinski definition) is 7. The van der Waals surface area contributed by atoms with E-state index in [1.54, 1.807) is 16.8 Å². The van der Waals surface area contributed by atoms with Gasteiger partial charge in [0.25, 0.3) is 5.91 Å². The fourth-order valence-corrected chi connectivity index (χ4v) is 6.11. The van der Waals surface area contributed by atoms with Crippen molar-refractivity contribution in [3.05, 3.63) is 59.4 Å². The standard InChI is InChI=1S/C35H47N7O7/c1-4-42-29(19-24(40-42)18-22(2)3)33(46)38-26-12-8-9-17-36-30(43)16-14-27(35(48)49)39-32(45)28-20-25(21-41(28)34(26)47)37-31(44)15-13-23-10-6-5-7-11-23/h5-7,10-11,13,15,19,22,25-28H,4,8-9,12,14,16-18,20-21H2,1-3H3,(H,36,43)(H,37,44)(H,38,46)(H,39,45)(H,48,49)/t25-,26+,27+,28+/m1/s1. The fourth-order valence-electron chi connectivity index (χ4n) is 6.11. The van der Waals surface area contributed by atoms with Crippen LogP contribution in [-0.4, -0.2) is 92.5 Å². The van der Waals surface area contributed by atoms with Crippen molar-refractivity contribution in [3.8, 4) is 0 Å². The van der Waals surface area contributed by atoms with Crippen LogP contribution >= 0.6 is 0 Å². The molecule has 0 radical (unpaired) electrons. The summed E-state index contributed by atoms with van der Waals surface area (Å²) in [5, 5.41) is 25.3. The predicted octanol–water partition coefficient (Wildman–Crippen LogP) is 1.65. The predicted molar refractivity (Wildman–Crippen MR) is 181 cm³/mol. The SMILES string of the molecule is CCn1nc(CC(C)C)cc1C(=O)N[C@H]1CCCCNC(=O)CC[C@@H](C(=O)O)NC(=O)[C@@H]2C[C@@H](NC(=O)C=Cc3ccccc3)CN2C1=O. The first-order valence-corrected chi connectivity index (χ1v) is 17.0. The van der Waals surface area contributed by atoms with Gasteiger partial charge in [0, 0.05) is 38.2 Å². The maximum Gasteiger partial charge on any atom is 0.326 e. The molecule has 0 spiro atoms. The van der Waals surface area contributed by atoms with E-state index in [4.69, 9.17) is 0 Å². The summed E-state index contributed by atoms with van der Waals surface area (Å²) in [5.74, 6) is -3.50. The molecule has 0 aliphatic carbocycles. The first-order valence-electron chi connectivity index (χ1n) is 17.0. The van der Waals surface area contributed by atoms with Crippen molar-refractivity contribution in [2.24, 2.45) is 5.92 Å². The van der Waals surface area contributed by atoms with Crippen molar-refractivity contribution >= 4 is 41.6 Å². The van der Waals surface area contributed by atoms with Crippen LogP contribution in [0.3, 0.4) is 0 Å². The van der Waals surface area contributed by atoms with E-state index in [1.165, 1.54) is 11.0 Å². The van der Waals surface area contributed by atoms with Crippen LogP contribution < -0.4 is 21.3 Å². The Morgan fingerprint density at radius 1 is 1.08 bits per heavy atom. The number of carboxylic acids is 1. The highest BCUT2D eigenvalue weighted by molar-refractivity contribution is 5.98. The van der Waals surface area contributed by atoms with Crippen LogP contribution in [0.4, 0.5) is 0 Å². The molecule has 264 valence electrons. The van der Waals surface area contributed by atoms with Gasteiger partial charge < -0.3 is 31.3 Å². The quantitative estimate of drug-likeness (QED) is 0.248. The van der Waals surface area contributed by atoms with E-state index >= 15 is 0 Å². The van der Waals surface area contributed by atoms with Crippen molar-refractivity contribution in [1.29, 1.82) is 0 Å². The van der Waals surface area contributed by atoms with Crippen LogP contribution in [0.1, 0.15) is 81.0 Å². The lowest BCUT2D eigenvalue weighted by atomic mass is 10.1. The Bertz CT molecular complexity index is 1540. The average molecular weight is 678 g/mol. The Morgan fingerprint density at radius 3 is 2.53 bits per heavy atom. The van der Waals surface area contributed by atoms with Crippen molar-refractivity contribution in [1.82, 2.24) is 35.9 Å². The third kappa shape index (κ3) is 10.5. The van der Waals surface area contributed by atoms with Crippen molar-refractivity contribution in [3.63, 3.8) is 0 Å². The Labute approximate surface area is 286 Å². The molecule has 3 heterocycles. The molecule has 2 fully saturated rings. The lowest BCUT2D eigenvalue weighted by Gasteiger charge is -2.29.